The summed E-state index contributed by atoms with van der Waals surface area (Å²) in [5.74, 6) is -0.625. The third kappa shape index (κ3) is 4.62. The van der Waals surface area contributed by atoms with Gasteiger partial charge < -0.3 is 15.1 Å². The summed E-state index contributed by atoms with van der Waals surface area (Å²) in [4.78, 5) is 24.3. The van der Waals surface area contributed by atoms with Crippen LogP contribution in [0.3, 0.4) is 0 Å². The van der Waals surface area contributed by atoms with Crippen molar-refractivity contribution < 1.29 is 22.4 Å². The molecule has 0 aliphatic carbocycles. The van der Waals surface area contributed by atoms with E-state index in [4.69, 9.17) is 4.42 Å². The number of benzene rings is 2. The summed E-state index contributed by atoms with van der Waals surface area (Å²) in [5.41, 5.74) is 1.27. The number of rotatable bonds is 5. The summed E-state index contributed by atoms with van der Waals surface area (Å²) < 4.78 is 28.2. The molecular weight excluding hydrogens is 368 g/mol. The van der Waals surface area contributed by atoms with Crippen LogP contribution in [0.1, 0.15) is 20.9 Å². The van der Waals surface area contributed by atoms with E-state index in [2.05, 4.69) is 10.6 Å². The first-order chi connectivity index (χ1) is 12.8. The van der Waals surface area contributed by atoms with Crippen molar-refractivity contribution in [1.29, 1.82) is 0 Å². The molecule has 1 heterocycles. The van der Waals surface area contributed by atoms with Crippen molar-refractivity contribution in [3.63, 3.8) is 0 Å². The summed E-state index contributed by atoms with van der Waals surface area (Å²) in [7, 11) is -3.40. The third-order valence-electron chi connectivity index (χ3n) is 3.67. The number of furan rings is 1. The fourth-order valence-electron chi connectivity index (χ4n) is 2.31. The topological polar surface area (TPSA) is 105 Å². The van der Waals surface area contributed by atoms with Gasteiger partial charge in [0.2, 0.25) is 0 Å². The quantitative estimate of drug-likeness (QED) is 0.703. The average molecular weight is 384 g/mol. The Bertz CT molecular complexity index is 1070. The van der Waals surface area contributed by atoms with E-state index in [0.29, 0.717) is 11.4 Å². The molecule has 138 valence electrons. The lowest BCUT2D eigenvalue weighted by molar-refractivity contribution is 0.0994. The third-order valence-corrected chi connectivity index (χ3v) is 4.78. The van der Waals surface area contributed by atoms with E-state index in [1.165, 1.54) is 30.5 Å². The molecule has 0 fully saturated rings. The number of sulfone groups is 1. The molecule has 1 aromatic heterocycles. The fraction of sp³-hybridized carbons (Fsp3) is 0.0526. The van der Waals surface area contributed by atoms with Crippen LogP contribution >= 0.6 is 0 Å². The molecule has 7 nitrogen and oxygen atoms in total. The Morgan fingerprint density at radius 2 is 1.48 bits per heavy atom. The Morgan fingerprint density at radius 3 is 2.04 bits per heavy atom. The van der Waals surface area contributed by atoms with Crippen molar-refractivity contribution in [2.24, 2.45) is 0 Å². The zero-order valence-electron chi connectivity index (χ0n) is 14.3. The van der Waals surface area contributed by atoms with Crippen molar-refractivity contribution in [3.8, 4) is 0 Å². The molecule has 3 rings (SSSR count). The van der Waals surface area contributed by atoms with Crippen LogP contribution in [-0.2, 0) is 9.84 Å². The van der Waals surface area contributed by atoms with Crippen molar-refractivity contribution in [2.75, 3.05) is 16.9 Å². The standard InChI is InChI=1S/C19H16N2O5S/c1-27(24,25)16-5-2-4-13(12-16)18(22)20-14-7-9-15(10-8-14)21-19(23)17-6-3-11-26-17/h2-12H,1H3,(H,20,22)(H,21,23). The number of carbonyl (C=O) groups is 2. The Balaban J connectivity index is 1.68. The molecule has 27 heavy (non-hydrogen) atoms. The molecule has 0 spiro atoms. The molecule has 8 heteroatoms. The van der Waals surface area contributed by atoms with Crippen molar-refractivity contribution in [1.82, 2.24) is 0 Å². The first-order valence-corrected chi connectivity index (χ1v) is 9.78. The predicted molar refractivity (Wildman–Crippen MR) is 101 cm³/mol. The summed E-state index contributed by atoms with van der Waals surface area (Å²) >= 11 is 0. The highest BCUT2D eigenvalue weighted by Crippen LogP contribution is 2.17. The fourth-order valence-corrected chi connectivity index (χ4v) is 2.98. The van der Waals surface area contributed by atoms with Crippen LogP contribution in [0.25, 0.3) is 0 Å². The summed E-state index contributed by atoms with van der Waals surface area (Å²) in [5, 5.41) is 5.35. The highest BCUT2D eigenvalue weighted by atomic mass is 32.2. The normalized spacial score (nSPS) is 11.0. The maximum absolute atomic E-state index is 12.3. The minimum atomic E-state index is -3.40. The molecule has 0 saturated heterocycles. The van der Waals surface area contributed by atoms with Gasteiger partial charge >= 0.3 is 0 Å². The van der Waals surface area contributed by atoms with Gasteiger partial charge in [-0.15, -0.1) is 0 Å². The van der Waals surface area contributed by atoms with Gasteiger partial charge in [0.25, 0.3) is 11.8 Å². The van der Waals surface area contributed by atoms with Crippen molar-refractivity contribution >= 4 is 33.0 Å². The average Bonchev–Trinajstić information content (AvgIpc) is 3.17. The van der Waals surface area contributed by atoms with Gasteiger partial charge in [-0.25, -0.2) is 8.42 Å². The van der Waals surface area contributed by atoms with Gasteiger partial charge in [-0.2, -0.15) is 0 Å². The first-order valence-electron chi connectivity index (χ1n) is 7.89. The van der Waals surface area contributed by atoms with Crippen LogP contribution in [0, 0.1) is 0 Å². The van der Waals surface area contributed by atoms with E-state index >= 15 is 0 Å². The number of nitrogens with one attached hydrogen (secondary N) is 2. The van der Waals surface area contributed by atoms with Gasteiger partial charge in [-0.1, -0.05) is 6.07 Å². The smallest absolute Gasteiger partial charge is 0.291 e. The molecule has 0 aliphatic heterocycles. The Labute approximate surface area is 155 Å². The lowest BCUT2D eigenvalue weighted by Gasteiger charge is -2.08. The monoisotopic (exact) mass is 384 g/mol. The molecule has 0 aliphatic rings. The molecule has 2 amide bonds. The van der Waals surface area contributed by atoms with E-state index in [-0.39, 0.29) is 22.1 Å². The van der Waals surface area contributed by atoms with Crippen LogP contribution in [0.4, 0.5) is 11.4 Å². The molecule has 0 bridgehead atoms. The summed E-state index contributed by atoms with van der Waals surface area (Å²) in [6.45, 7) is 0. The van der Waals surface area contributed by atoms with Gasteiger partial charge in [0.05, 0.1) is 11.2 Å². The number of hydrogen-bond acceptors (Lipinski definition) is 5. The maximum atomic E-state index is 12.3. The highest BCUT2D eigenvalue weighted by molar-refractivity contribution is 7.90. The largest absolute Gasteiger partial charge is 0.459 e. The van der Waals surface area contributed by atoms with Crippen LogP contribution < -0.4 is 10.6 Å². The molecule has 0 unspecified atom stereocenters. The van der Waals surface area contributed by atoms with Gasteiger partial charge in [0, 0.05) is 23.2 Å². The molecular formula is C19H16N2O5S. The van der Waals surface area contributed by atoms with Crippen molar-refractivity contribution in [3.05, 3.63) is 78.3 Å². The van der Waals surface area contributed by atoms with E-state index < -0.39 is 15.7 Å². The summed E-state index contributed by atoms with van der Waals surface area (Å²) in [6, 6.07) is 15.5. The minimum absolute atomic E-state index is 0.0751. The van der Waals surface area contributed by atoms with Crippen molar-refractivity contribution in [2.45, 2.75) is 4.90 Å². The first kappa shape index (κ1) is 18.4. The van der Waals surface area contributed by atoms with E-state index in [0.717, 1.165) is 6.26 Å². The Morgan fingerprint density at radius 1 is 0.852 bits per heavy atom. The zero-order valence-corrected chi connectivity index (χ0v) is 15.1. The predicted octanol–water partition coefficient (Wildman–Crippen LogP) is 3.19. The van der Waals surface area contributed by atoms with Gasteiger partial charge in [-0.3, -0.25) is 9.59 Å². The van der Waals surface area contributed by atoms with Crippen LogP contribution in [-0.4, -0.2) is 26.5 Å². The number of amides is 2. The van der Waals surface area contributed by atoms with Gasteiger partial charge in [0.1, 0.15) is 0 Å². The minimum Gasteiger partial charge on any atom is -0.459 e. The maximum Gasteiger partial charge on any atom is 0.291 e. The SMILES string of the molecule is CS(=O)(=O)c1cccc(C(=O)Nc2ccc(NC(=O)c3ccco3)cc2)c1. The molecule has 2 N–H and O–H groups in total. The Hall–Kier alpha value is -3.39. The second kappa shape index (κ2) is 7.46. The molecule has 0 radical (unpaired) electrons. The molecule has 2 aromatic carbocycles. The van der Waals surface area contributed by atoms with Crippen LogP contribution in [0.2, 0.25) is 0 Å². The number of hydrogen-bond donors (Lipinski definition) is 2. The van der Waals surface area contributed by atoms with E-state index in [1.807, 2.05) is 0 Å². The number of carbonyl (C=O) groups excluding carboxylic acids is 2. The van der Waals surface area contributed by atoms with E-state index in [1.54, 1.807) is 36.4 Å². The molecule has 3 aromatic rings. The number of anilines is 2. The van der Waals surface area contributed by atoms with Crippen LogP contribution in [0.15, 0.2) is 76.2 Å². The van der Waals surface area contributed by atoms with Gasteiger partial charge in [-0.05, 0) is 54.6 Å². The summed E-state index contributed by atoms with van der Waals surface area (Å²) in [6.07, 6.45) is 2.49. The second-order valence-corrected chi connectivity index (χ2v) is 7.78. The lowest BCUT2D eigenvalue weighted by Crippen LogP contribution is -2.13. The second-order valence-electron chi connectivity index (χ2n) is 5.76. The van der Waals surface area contributed by atoms with Crippen LogP contribution in [0.5, 0.6) is 0 Å². The highest BCUT2D eigenvalue weighted by Gasteiger charge is 2.12. The molecule has 0 saturated carbocycles. The lowest BCUT2D eigenvalue weighted by atomic mass is 10.2. The Kier molecular flexibility index (Phi) is 5.09. The zero-order chi connectivity index (χ0) is 19.4. The van der Waals surface area contributed by atoms with E-state index in [9.17, 15) is 18.0 Å². The van der Waals surface area contributed by atoms with Gasteiger partial charge in [0.15, 0.2) is 15.6 Å². The molecule has 0 atom stereocenters.